The third-order valence-electron chi connectivity index (χ3n) is 4.60. The first-order valence-electron chi connectivity index (χ1n) is 9.74. The molecule has 0 unspecified atom stereocenters. The highest BCUT2D eigenvalue weighted by molar-refractivity contribution is 8.26. The van der Waals surface area contributed by atoms with Gasteiger partial charge in [0.05, 0.1) is 11.5 Å². The van der Waals surface area contributed by atoms with E-state index in [2.05, 4.69) is 0 Å². The summed E-state index contributed by atoms with van der Waals surface area (Å²) in [5.41, 5.74) is 1.97. The molecule has 0 atom stereocenters. The van der Waals surface area contributed by atoms with Crippen molar-refractivity contribution in [1.29, 1.82) is 0 Å². The molecule has 30 heavy (non-hydrogen) atoms. The van der Waals surface area contributed by atoms with Gasteiger partial charge in [0.2, 0.25) is 5.91 Å². The van der Waals surface area contributed by atoms with Gasteiger partial charge in [0.1, 0.15) is 10.1 Å². The Bertz CT molecular complexity index is 943. The van der Waals surface area contributed by atoms with Crippen LogP contribution in [-0.4, -0.2) is 46.1 Å². The fraction of sp³-hybridized carbons (Fsp3) is 0.261. The highest BCUT2D eigenvalue weighted by Gasteiger charge is 2.32. The number of carbonyl (C=O) groups is 2. The summed E-state index contributed by atoms with van der Waals surface area (Å²) in [5, 5.41) is 0. The Balaban J connectivity index is 1.57. The number of rotatable bonds is 8. The lowest BCUT2D eigenvalue weighted by atomic mass is 10.2. The number of hydrogen-bond donors (Lipinski definition) is 0. The van der Waals surface area contributed by atoms with Crippen molar-refractivity contribution in [2.24, 2.45) is 0 Å². The predicted octanol–water partition coefficient (Wildman–Crippen LogP) is 4.34. The Morgan fingerprint density at radius 3 is 2.53 bits per heavy atom. The second-order valence-electron chi connectivity index (χ2n) is 6.82. The molecule has 2 aromatic rings. The van der Waals surface area contributed by atoms with Crippen LogP contribution in [0.2, 0.25) is 0 Å². The first-order valence-corrected chi connectivity index (χ1v) is 11.0. The van der Waals surface area contributed by atoms with Crippen LogP contribution in [0.15, 0.2) is 59.5 Å². The lowest BCUT2D eigenvalue weighted by Crippen LogP contribution is -2.34. The largest absolute Gasteiger partial charge is 0.494 e. The van der Waals surface area contributed by atoms with Crippen LogP contribution in [0.5, 0.6) is 5.75 Å². The zero-order valence-electron chi connectivity index (χ0n) is 17.0. The van der Waals surface area contributed by atoms with Crippen molar-refractivity contribution in [3.63, 3.8) is 0 Å². The van der Waals surface area contributed by atoms with E-state index in [4.69, 9.17) is 17.0 Å². The summed E-state index contributed by atoms with van der Waals surface area (Å²) in [6, 6.07) is 17.4. The summed E-state index contributed by atoms with van der Waals surface area (Å²) in [4.78, 5) is 29.0. The summed E-state index contributed by atoms with van der Waals surface area (Å²) in [6.45, 7) is 3.36. The van der Waals surface area contributed by atoms with Crippen LogP contribution >= 0.6 is 24.0 Å². The first-order chi connectivity index (χ1) is 14.5. The van der Waals surface area contributed by atoms with Gasteiger partial charge in [-0.1, -0.05) is 66.4 Å². The van der Waals surface area contributed by atoms with Gasteiger partial charge in [0, 0.05) is 26.6 Å². The topological polar surface area (TPSA) is 49.9 Å². The number of benzene rings is 2. The van der Waals surface area contributed by atoms with Crippen LogP contribution < -0.4 is 4.74 Å². The number of ether oxygens (including phenoxy) is 1. The van der Waals surface area contributed by atoms with Gasteiger partial charge in [-0.25, -0.2) is 0 Å². The summed E-state index contributed by atoms with van der Waals surface area (Å²) >= 11 is 6.64. The molecule has 0 aromatic heterocycles. The van der Waals surface area contributed by atoms with Crippen LogP contribution in [-0.2, 0) is 16.1 Å². The lowest BCUT2D eigenvalue weighted by molar-refractivity contribution is -0.131. The van der Waals surface area contributed by atoms with Gasteiger partial charge in [-0.05, 0) is 36.3 Å². The molecule has 2 aromatic carbocycles. The Morgan fingerprint density at radius 2 is 1.87 bits per heavy atom. The Labute approximate surface area is 186 Å². The molecule has 1 saturated heterocycles. The van der Waals surface area contributed by atoms with E-state index in [9.17, 15) is 9.59 Å². The molecule has 0 saturated carbocycles. The molecule has 156 valence electrons. The van der Waals surface area contributed by atoms with Crippen molar-refractivity contribution >= 4 is 46.2 Å². The molecule has 1 fully saturated rings. The third kappa shape index (κ3) is 5.70. The maximum atomic E-state index is 12.8. The molecule has 1 aliphatic heterocycles. The predicted molar refractivity (Wildman–Crippen MR) is 125 cm³/mol. The summed E-state index contributed by atoms with van der Waals surface area (Å²) in [5.74, 6) is 0.612. The summed E-state index contributed by atoms with van der Waals surface area (Å²) in [7, 11) is 1.77. The molecule has 1 aliphatic rings. The van der Waals surface area contributed by atoms with Crippen LogP contribution in [0, 0.1) is 0 Å². The first kappa shape index (κ1) is 22.1. The number of thiocarbonyl (C=S) groups is 1. The fourth-order valence-corrected chi connectivity index (χ4v) is 4.32. The van der Waals surface area contributed by atoms with E-state index in [1.807, 2.05) is 67.6 Å². The van der Waals surface area contributed by atoms with Crippen molar-refractivity contribution in [2.45, 2.75) is 19.9 Å². The normalized spacial score (nSPS) is 15.0. The van der Waals surface area contributed by atoms with Crippen LogP contribution in [0.4, 0.5) is 0 Å². The zero-order valence-corrected chi connectivity index (χ0v) is 18.7. The number of carbonyl (C=O) groups excluding carboxylic acids is 2. The lowest BCUT2D eigenvalue weighted by Gasteiger charge is -2.19. The molecule has 1 heterocycles. The molecular formula is C23H24N2O3S2. The molecule has 7 heteroatoms. The standard InChI is InChI=1S/C23H24N2O3S2/c1-3-28-19-11-9-17(10-12-19)15-20-22(27)25(23(29)30-20)14-13-21(26)24(2)16-18-7-5-4-6-8-18/h4-12,15H,3,13-14,16H2,1-2H3/b20-15-. The highest BCUT2D eigenvalue weighted by Crippen LogP contribution is 2.32. The van der Waals surface area contributed by atoms with E-state index in [1.54, 1.807) is 11.9 Å². The van der Waals surface area contributed by atoms with E-state index in [0.717, 1.165) is 16.9 Å². The average Bonchev–Trinajstić information content (AvgIpc) is 3.01. The third-order valence-corrected chi connectivity index (χ3v) is 5.98. The highest BCUT2D eigenvalue weighted by atomic mass is 32.2. The minimum Gasteiger partial charge on any atom is -0.494 e. The van der Waals surface area contributed by atoms with Crippen molar-refractivity contribution in [2.75, 3.05) is 20.2 Å². The second-order valence-corrected chi connectivity index (χ2v) is 8.50. The quantitative estimate of drug-likeness (QED) is 0.452. The molecule has 0 radical (unpaired) electrons. The van der Waals surface area contributed by atoms with Crippen LogP contribution in [0.1, 0.15) is 24.5 Å². The Hall–Kier alpha value is -2.64. The molecule has 0 aliphatic carbocycles. The molecule has 3 rings (SSSR count). The number of amides is 2. The number of thioether (sulfide) groups is 1. The van der Waals surface area contributed by atoms with Crippen molar-refractivity contribution in [3.05, 3.63) is 70.6 Å². The molecule has 0 bridgehead atoms. The van der Waals surface area contributed by atoms with Gasteiger partial charge in [0.15, 0.2) is 0 Å². The van der Waals surface area contributed by atoms with Crippen molar-refractivity contribution < 1.29 is 14.3 Å². The summed E-state index contributed by atoms with van der Waals surface area (Å²) < 4.78 is 5.92. The second kappa shape index (κ2) is 10.4. The molecule has 2 amide bonds. The SMILES string of the molecule is CCOc1ccc(/C=C2\SC(=S)N(CCC(=O)N(C)Cc3ccccc3)C2=O)cc1. The van der Waals surface area contributed by atoms with Crippen LogP contribution in [0.25, 0.3) is 6.08 Å². The maximum Gasteiger partial charge on any atom is 0.266 e. The monoisotopic (exact) mass is 440 g/mol. The van der Waals surface area contributed by atoms with E-state index in [1.165, 1.54) is 16.7 Å². The molecule has 0 spiro atoms. The van der Waals surface area contributed by atoms with Crippen LogP contribution in [0.3, 0.4) is 0 Å². The fourth-order valence-electron chi connectivity index (χ4n) is 3.01. The van der Waals surface area contributed by atoms with Gasteiger partial charge < -0.3 is 9.64 Å². The molecule has 5 nitrogen and oxygen atoms in total. The van der Waals surface area contributed by atoms with E-state index >= 15 is 0 Å². The van der Waals surface area contributed by atoms with Gasteiger partial charge >= 0.3 is 0 Å². The minimum absolute atomic E-state index is 0.0246. The maximum absolute atomic E-state index is 12.8. The van der Waals surface area contributed by atoms with Crippen molar-refractivity contribution in [3.8, 4) is 5.75 Å². The molecular weight excluding hydrogens is 416 g/mol. The Kier molecular flexibility index (Phi) is 7.65. The average molecular weight is 441 g/mol. The Morgan fingerprint density at radius 1 is 1.17 bits per heavy atom. The van der Waals surface area contributed by atoms with E-state index in [-0.39, 0.29) is 24.8 Å². The van der Waals surface area contributed by atoms with Gasteiger partial charge in [0.25, 0.3) is 5.91 Å². The minimum atomic E-state index is -0.155. The number of nitrogens with zero attached hydrogens (tertiary/aromatic N) is 2. The van der Waals surface area contributed by atoms with E-state index in [0.29, 0.717) is 22.4 Å². The zero-order chi connectivity index (χ0) is 21.5. The van der Waals surface area contributed by atoms with E-state index < -0.39 is 0 Å². The number of hydrogen-bond acceptors (Lipinski definition) is 5. The smallest absolute Gasteiger partial charge is 0.266 e. The summed E-state index contributed by atoms with van der Waals surface area (Å²) in [6.07, 6.45) is 2.05. The molecule has 0 N–H and O–H groups in total. The van der Waals surface area contributed by atoms with Gasteiger partial charge in [-0.15, -0.1) is 0 Å². The van der Waals surface area contributed by atoms with Crippen molar-refractivity contribution in [1.82, 2.24) is 9.80 Å². The van der Waals surface area contributed by atoms with Gasteiger partial charge in [-0.2, -0.15) is 0 Å². The van der Waals surface area contributed by atoms with Gasteiger partial charge in [-0.3, -0.25) is 14.5 Å².